The summed E-state index contributed by atoms with van der Waals surface area (Å²) in [5.41, 5.74) is 1.89. The lowest BCUT2D eigenvalue weighted by molar-refractivity contribution is 0.0620. The van der Waals surface area contributed by atoms with Crippen molar-refractivity contribution in [2.75, 3.05) is 19.6 Å². The van der Waals surface area contributed by atoms with Crippen LogP contribution in [0.15, 0.2) is 30.5 Å². The molecule has 0 saturated carbocycles. The fourth-order valence-electron chi connectivity index (χ4n) is 3.88. The van der Waals surface area contributed by atoms with Gasteiger partial charge in [-0.2, -0.15) is 5.10 Å². The number of carbonyl (C=O) groups excluding carboxylic acids is 1. The van der Waals surface area contributed by atoms with E-state index in [0.29, 0.717) is 17.2 Å². The van der Waals surface area contributed by atoms with Crippen molar-refractivity contribution in [1.29, 1.82) is 0 Å². The SMILES string of the molecule is Cc1c(C(=O)NC2CN3CCC2CC3)cnn1-c1cccc(F)c1. The molecule has 6 heteroatoms. The number of nitrogens with zero attached hydrogens (tertiary/aromatic N) is 3. The van der Waals surface area contributed by atoms with Gasteiger partial charge in [0.25, 0.3) is 5.91 Å². The molecule has 2 bridgehead atoms. The van der Waals surface area contributed by atoms with E-state index in [1.54, 1.807) is 23.0 Å². The van der Waals surface area contributed by atoms with Gasteiger partial charge in [-0.1, -0.05) is 6.07 Å². The van der Waals surface area contributed by atoms with Crippen molar-refractivity contribution < 1.29 is 9.18 Å². The summed E-state index contributed by atoms with van der Waals surface area (Å²) in [5, 5.41) is 7.44. The maximum absolute atomic E-state index is 13.4. The number of piperidine rings is 3. The van der Waals surface area contributed by atoms with Crippen LogP contribution in [0, 0.1) is 18.7 Å². The second-order valence-electron chi connectivity index (χ2n) is 6.75. The van der Waals surface area contributed by atoms with E-state index >= 15 is 0 Å². The van der Waals surface area contributed by atoms with Gasteiger partial charge in [-0.05, 0) is 57.0 Å². The second-order valence-corrected chi connectivity index (χ2v) is 6.75. The van der Waals surface area contributed by atoms with Gasteiger partial charge in [-0.15, -0.1) is 0 Å². The van der Waals surface area contributed by atoms with Crippen molar-refractivity contribution in [2.45, 2.75) is 25.8 Å². The third-order valence-corrected chi connectivity index (χ3v) is 5.28. The standard InChI is InChI=1S/C18H21FN4O/c1-12-16(10-20-23(12)15-4-2-3-14(19)9-15)18(24)21-17-11-22-7-5-13(17)6-8-22/h2-4,9-10,13,17H,5-8,11H2,1H3,(H,21,24). The van der Waals surface area contributed by atoms with Crippen molar-refractivity contribution in [3.63, 3.8) is 0 Å². The largest absolute Gasteiger partial charge is 0.348 e. The molecular formula is C18H21FN4O. The zero-order valence-electron chi connectivity index (χ0n) is 13.7. The molecule has 0 radical (unpaired) electrons. The molecule has 5 rings (SSSR count). The third-order valence-electron chi connectivity index (χ3n) is 5.28. The normalized spacial score (nSPS) is 25.7. The second kappa shape index (κ2) is 6.02. The van der Waals surface area contributed by atoms with E-state index in [4.69, 9.17) is 0 Å². The fourth-order valence-corrected chi connectivity index (χ4v) is 3.88. The topological polar surface area (TPSA) is 50.2 Å². The van der Waals surface area contributed by atoms with E-state index in [1.165, 1.54) is 12.1 Å². The molecule has 24 heavy (non-hydrogen) atoms. The minimum Gasteiger partial charge on any atom is -0.348 e. The van der Waals surface area contributed by atoms with Gasteiger partial charge in [0, 0.05) is 12.6 Å². The molecule has 1 aromatic carbocycles. The van der Waals surface area contributed by atoms with Crippen LogP contribution in [0.5, 0.6) is 0 Å². The van der Waals surface area contributed by atoms with E-state index in [1.807, 2.05) is 6.92 Å². The van der Waals surface area contributed by atoms with E-state index < -0.39 is 0 Å². The average Bonchev–Trinajstić information content (AvgIpc) is 2.97. The summed E-state index contributed by atoms with van der Waals surface area (Å²) in [6, 6.07) is 6.44. The van der Waals surface area contributed by atoms with Gasteiger partial charge in [0.1, 0.15) is 5.82 Å². The minimum absolute atomic E-state index is 0.0890. The van der Waals surface area contributed by atoms with Gasteiger partial charge >= 0.3 is 0 Å². The van der Waals surface area contributed by atoms with Gasteiger partial charge in [0.15, 0.2) is 0 Å². The number of aromatic nitrogens is 2. The maximum atomic E-state index is 13.4. The van der Waals surface area contributed by atoms with Crippen LogP contribution < -0.4 is 5.32 Å². The summed E-state index contributed by atoms with van der Waals surface area (Å²) in [7, 11) is 0. The highest BCUT2D eigenvalue weighted by Crippen LogP contribution is 2.27. The van der Waals surface area contributed by atoms with Gasteiger partial charge < -0.3 is 10.2 Å². The lowest BCUT2D eigenvalue weighted by Gasteiger charge is -2.44. The molecular weight excluding hydrogens is 307 g/mol. The minimum atomic E-state index is -0.319. The van der Waals surface area contributed by atoms with Gasteiger partial charge in [0.05, 0.1) is 23.1 Å². The van der Waals surface area contributed by atoms with Gasteiger partial charge in [0.2, 0.25) is 0 Å². The number of hydrogen-bond acceptors (Lipinski definition) is 3. The highest BCUT2D eigenvalue weighted by molar-refractivity contribution is 5.95. The first-order chi connectivity index (χ1) is 11.6. The first-order valence-corrected chi connectivity index (χ1v) is 8.45. The number of hydrogen-bond donors (Lipinski definition) is 1. The number of amides is 1. The molecule has 3 fully saturated rings. The van der Waals surface area contributed by atoms with E-state index in [9.17, 15) is 9.18 Å². The maximum Gasteiger partial charge on any atom is 0.255 e. The average molecular weight is 328 g/mol. The molecule has 0 aliphatic carbocycles. The highest BCUT2D eigenvalue weighted by Gasteiger charge is 2.35. The monoisotopic (exact) mass is 328 g/mol. The summed E-state index contributed by atoms with van der Waals surface area (Å²) in [6.45, 7) is 5.07. The molecule has 3 aliphatic heterocycles. The van der Waals surface area contributed by atoms with Crippen molar-refractivity contribution in [1.82, 2.24) is 20.0 Å². The van der Waals surface area contributed by atoms with Crippen molar-refractivity contribution in [2.24, 2.45) is 5.92 Å². The Morgan fingerprint density at radius 1 is 1.33 bits per heavy atom. The Hall–Kier alpha value is -2.21. The third kappa shape index (κ3) is 2.71. The summed E-state index contributed by atoms with van der Waals surface area (Å²) < 4.78 is 15.0. The number of fused-ring (bicyclic) bond motifs is 3. The highest BCUT2D eigenvalue weighted by atomic mass is 19.1. The Bertz CT molecular complexity index is 764. The molecule has 3 saturated heterocycles. The Kier molecular flexibility index (Phi) is 3.84. The Labute approximate surface area is 140 Å². The Balaban J connectivity index is 1.53. The lowest BCUT2D eigenvalue weighted by Crippen LogP contribution is -2.57. The molecule has 2 aromatic rings. The zero-order valence-corrected chi connectivity index (χ0v) is 13.7. The van der Waals surface area contributed by atoms with Crippen LogP contribution in [0.4, 0.5) is 4.39 Å². The summed E-state index contributed by atoms with van der Waals surface area (Å²) in [6.07, 6.45) is 3.88. The Morgan fingerprint density at radius 2 is 2.12 bits per heavy atom. The van der Waals surface area contributed by atoms with Crippen molar-refractivity contribution >= 4 is 5.91 Å². The van der Waals surface area contributed by atoms with E-state index in [-0.39, 0.29) is 17.8 Å². The molecule has 1 N–H and O–H groups in total. The van der Waals surface area contributed by atoms with Gasteiger partial charge in [-0.25, -0.2) is 9.07 Å². The van der Waals surface area contributed by atoms with Gasteiger partial charge in [-0.3, -0.25) is 4.79 Å². The fraction of sp³-hybridized carbons (Fsp3) is 0.444. The van der Waals surface area contributed by atoms with Crippen molar-refractivity contribution in [3.05, 3.63) is 47.5 Å². The number of rotatable bonds is 3. The van der Waals surface area contributed by atoms with Crippen LogP contribution in [-0.4, -0.2) is 46.3 Å². The number of nitrogens with one attached hydrogen (secondary N) is 1. The molecule has 4 heterocycles. The molecule has 1 unspecified atom stereocenters. The van der Waals surface area contributed by atoms with E-state index in [0.717, 1.165) is 38.2 Å². The molecule has 1 aromatic heterocycles. The smallest absolute Gasteiger partial charge is 0.255 e. The predicted octanol–water partition coefficient (Wildman–Crippen LogP) is 2.14. The van der Waals surface area contributed by atoms with Crippen LogP contribution in [0.1, 0.15) is 28.9 Å². The predicted molar refractivity (Wildman–Crippen MR) is 88.7 cm³/mol. The van der Waals surface area contributed by atoms with Crippen LogP contribution in [0.2, 0.25) is 0 Å². The molecule has 0 spiro atoms. The first kappa shape index (κ1) is 15.3. The molecule has 1 amide bonds. The zero-order chi connectivity index (χ0) is 16.7. The number of benzene rings is 1. The van der Waals surface area contributed by atoms with E-state index in [2.05, 4.69) is 15.3 Å². The summed E-state index contributed by atoms with van der Waals surface area (Å²) in [4.78, 5) is 15.1. The van der Waals surface area contributed by atoms with Crippen LogP contribution in [0.25, 0.3) is 5.69 Å². The molecule has 126 valence electrons. The summed E-state index contributed by atoms with van der Waals surface area (Å²) >= 11 is 0. The van der Waals surface area contributed by atoms with Crippen LogP contribution >= 0.6 is 0 Å². The number of halogens is 1. The summed E-state index contributed by atoms with van der Waals surface area (Å²) in [5.74, 6) is 0.173. The molecule has 1 atom stereocenters. The van der Waals surface area contributed by atoms with Crippen LogP contribution in [-0.2, 0) is 0 Å². The van der Waals surface area contributed by atoms with Crippen LogP contribution in [0.3, 0.4) is 0 Å². The molecule has 5 nitrogen and oxygen atoms in total. The number of carbonyl (C=O) groups is 1. The quantitative estimate of drug-likeness (QED) is 0.939. The molecule has 3 aliphatic rings. The lowest BCUT2D eigenvalue weighted by atomic mass is 9.84. The first-order valence-electron chi connectivity index (χ1n) is 8.45. The van der Waals surface area contributed by atoms with Crippen molar-refractivity contribution in [3.8, 4) is 5.69 Å². The Morgan fingerprint density at radius 3 is 2.79 bits per heavy atom.